The molecule has 0 saturated carbocycles. The zero-order valence-corrected chi connectivity index (χ0v) is 25.1. The highest BCUT2D eigenvalue weighted by Crippen LogP contribution is 2.39. The summed E-state index contributed by atoms with van der Waals surface area (Å²) < 4.78 is 62.9. The summed E-state index contributed by atoms with van der Waals surface area (Å²) in [5, 5.41) is 15.3. The Morgan fingerprint density at radius 1 is 1.12 bits per heavy atom. The predicted octanol–water partition coefficient (Wildman–Crippen LogP) is 5.86. The fraction of sp³-hybridized carbons (Fsp3) is 0.607. The van der Waals surface area contributed by atoms with Crippen molar-refractivity contribution in [3.8, 4) is 17.1 Å². The Balaban J connectivity index is 1.90. The number of aliphatic hydroxyl groups excluding tert-OH is 1. The van der Waals surface area contributed by atoms with Crippen LogP contribution in [0.5, 0.6) is 5.75 Å². The number of carbonyl (C=O) groups excluding carboxylic acids is 2. The van der Waals surface area contributed by atoms with E-state index in [2.05, 4.69) is 20.4 Å². The van der Waals surface area contributed by atoms with Gasteiger partial charge in [0, 0.05) is 18.7 Å². The van der Waals surface area contributed by atoms with Gasteiger partial charge in [0.1, 0.15) is 23.0 Å². The number of unbranched alkanes of at least 4 members (excludes halogenated alkanes) is 1. The van der Waals surface area contributed by atoms with Crippen molar-refractivity contribution in [1.82, 2.24) is 20.4 Å². The highest BCUT2D eigenvalue weighted by molar-refractivity contribution is 5.99. The van der Waals surface area contributed by atoms with Gasteiger partial charge in [0.05, 0.1) is 12.2 Å². The Kier molecular flexibility index (Phi) is 10.6. The number of likely N-dealkylation sites (tertiary alicyclic amines) is 1. The standard InChI is InChI=1S/C28H38F3N5O7/c1-26(2,3)41-24(38)33-23(34-25(39)42-27(4,5)6)36-13-9-10-19(36)22-32-21(35-43-22)17-11-12-20(40-15-8-7-14-37)18(16-17)28(29,30)31/h11-12,16,19,37H,7-10,13-15H2,1-6H3,(H,33,34,38,39)/t19-/m0/s1. The van der Waals surface area contributed by atoms with Crippen molar-refractivity contribution in [2.45, 2.75) is 90.6 Å². The number of alkyl halides is 3. The second kappa shape index (κ2) is 13.6. The number of aromatic nitrogens is 2. The molecule has 0 aliphatic carbocycles. The van der Waals surface area contributed by atoms with E-state index >= 15 is 0 Å². The minimum Gasteiger partial charge on any atom is -0.493 e. The van der Waals surface area contributed by atoms with Gasteiger partial charge in [-0.15, -0.1) is 4.99 Å². The first-order valence-electron chi connectivity index (χ1n) is 13.8. The maximum absolute atomic E-state index is 13.8. The largest absolute Gasteiger partial charge is 0.493 e. The number of hydrogen-bond donors (Lipinski definition) is 2. The molecule has 2 amide bonds. The van der Waals surface area contributed by atoms with Crippen LogP contribution in [0.25, 0.3) is 11.4 Å². The molecule has 0 unspecified atom stereocenters. The van der Waals surface area contributed by atoms with Crippen LogP contribution in [0.2, 0.25) is 0 Å². The summed E-state index contributed by atoms with van der Waals surface area (Å²) in [6, 6.07) is 2.79. The average molecular weight is 614 g/mol. The first kappa shape index (κ1) is 33.6. The third-order valence-corrected chi connectivity index (χ3v) is 5.81. The maximum Gasteiger partial charge on any atom is 0.437 e. The Bertz CT molecular complexity index is 1300. The molecule has 1 aliphatic rings. The van der Waals surface area contributed by atoms with E-state index in [9.17, 15) is 22.8 Å². The van der Waals surface area contributed by atoms with Crippen LogP contribution < -0.4 is 10.1 Å². The molecule has 1 fully saturated rings. The number of amides is 2. The Morgan fingerprint density at radius 3 is 2.44 bits per heavy atom. The number of ether oxygens (including phenoxy) is 3. The molecular weight excluding hydrogens is 575 g/mol. The van der Waals surface area contributed by atoms with Crippen molar-refractivity contribution < 1.29 is 46.6 Å². The first-order valence-corrected chi connectivity index (χ1v) is 13.8. The van der Waals surface area contributed by atoms with Crippen LogP contribution >= 0.6 is 0 Å². The lowest BCUT2D eigenvalue weighted by Gasteiger charge is -2.27. The van der Waals surface area contributed by atoms with Gasteiger partial charge in [0.2, 0.25) is 17.7 Å². The monoisotopic (exact) mass is 613 g/mol. The molecular formula is C28H38F3N5O7. The van der Waals surface area contributed by atoms with Crippen LogP contribution in [0, 0.1) is 0 Å². The van der Waals surface area contributed by atoms with Crippen molar-refractivity contribution in [2.75, 3.05) is 19.8 Å². The molecule has 2 aromatic rings. The second-order valence-corrected chi connectivity index (χ2v) is 11.8. The number of nitrogens with one attached hydrogen (secondary N) is 1. The molecule has 1 aromatic carbocycles. The van der Waals surface area contributed by atoms with Gasteiger partial charge in [-0.25, -0.2) is 9.59 Å². The quantitative estimate of drug-likeness (QED) is 0.221. The van der Waals surface area contributed by atoms with E-state index in [0.29, 0.717) is 32.2 Å². The number of aliphatic hydroxyl groups is 1. The van der Waals surface area contributed by atoms with E-state index in [4.69, 9.17) is 23.8 Å². The molecule has 238 valence electrons. The third kappa shape index (κ3) is 10.1. The summed E-state index contributed by atoms with van der Waals surface area (Å²) >= 11 is 0. The highest BCUT2D eigenvalue weighted by Gasteiger charge is 2.37. The molecule has 3 rings (SSSR count). The third-order valence-electron chi connectivity index (χ3n) is 5.81. The second-order valence-electron chi connectivity index (χ2n) is 11.8. The topological polar surface area (TPSA) is 149 Å². The molecule has 2 heterocycles. The summed E-state index contributed by atoms with van der Waals surface area (Å²) in [6.45, 7) is 10.3. The molecule has 43 heavy (non-hydrogen) atoms. The Hall–Kier alpha value is -3.88. The number of rotatable bonds is 7. The number of guanidine groups is 1. The fourth-order valence-electron chi connectivity index (χ4n) is 4.11. The molecule has 12 nitrogen and oxygen atoms in total. The van der Waals surface area contributed by atoms with Gasteiger partial charge in [-0.2, -0.15) is 18.2 Å². The van der Waals surface area contributed by atoms with Gasteiger partial charge < -0.3 is 28.7 Å². The molecule has 2 N–H and O–H groups in total. The van der Waals surface area contributed by atoms with E-state index in [1.54, 1.807) is 46.4 Å². The molecule has 1 saturated heterocycles. The zero-order chi connectivity index (χ0) is 32.0. The number of hydrogen-bond acceptors (Lipinski definition) is 9. The van der Waals surface area contributed by atoms with Gasteiger partial charge in [-0.1, -0.05) is 5.16 Å². The van der Waals surface area contributed by atoms with Gasteiger partial charge >= 0.3 is 18.4 Å². The van der Waals surface area contributed by atoms with E-state index in [1.165, 1.54) is 12.1 Å². The van der Waals surface area contributed by atoms with E-state index in [0.717, 1.165) is 6.07 Å². The maximum atomic E-state index is 13.8. The number of carbonyl (C=O) groups is 2. The normalized spacial score (nSPS) is 16.3. The molecule has 1 aromatic heterocycles. The number of nitrogens with zero attached hydrogens (tertiary/aromatic N) is 4. The molecule has 0 bridgehead atoms. The van der Waals surface area contributed by atoms with Gasteiger partial charge in [0.15, 0.2) is 0 Å². The molecule has 0 radical (unpaired) electrons. The summed E-state index contributed by atoms with van der Waals surface area (Å²) in [5.41, 5.74) is -2.64. The first-order chi connectivity index (χ1) is 20.0. The Labute approximate surface area is 247 Å². The zero-order valence-electron chi connectivity index (χ0n) is 25.1. The van der Waals surface area contributed by atoms with Crippen LogP contribution in [-0.4, -0.2) is 69.3 Å². The summed E-state index contributed by atoms with van der Waals surface area (Å²) in [5.74, 6) is -0.554. The van der Waals surface area contributed by atoms with Crippen molar-refractivity contribution in [3.05, 3.63) is 29.7 Å². The van der Waals surface area contributed by atoms with Crippen molar-refractivity contribution >= 4 is 18.1 Å². The Morgan fingerprint density at radius 2 is 1.81 bits per heavy atom. The molecule has 1 aliphatic heterocycles. The lowest BCUT2D eigenvalue weighted by Crippen LogP contribution is -2.46. The number of benzene rings is 1. The van der Waals surface area contributed by atoms with Crippen LogP contribution in [0.15, 0.2) is 27.7 Å². The fourth-order valence-corrected chi connectivity index (χ4v) is 4.11. The van der Waals surface area contributed by atoms with Gasteiger partial charge in [0.25, 0.3) is 0 Å². The smallest absolute Gasteiger partial charge is 0.437 e. The van der Waals surface area contributed by atoms with Crippen molar-refractivity contribution in [3.63, 3.8) is 0 Å². The SMILES string of the molecule is CC(C)(C)OC(=O)/N=C(/NC(=O)OC(C)(C)C)N1CCC[C@H]1c1nc(-c2ccc(OCCCCO)c(C(F)(F)F)c2)no1. The van der Waals surface area contributed by atoms with Crippen LogP contribution in [-0.2, 0) is 15.7 Å². The van der Waals surface area contributed by atoms with Crippen molar-refractivity contribution in [2.24, 2.45) is 4.99 Å². The van der Waals surface area contributed by atoms with Gasteiger partial charge in [-0.05, 0) is 85.4 Å². The summed E-state index contributed by atoms with van der Waals surface area (Å²) in [7, 11) is 0. The summed E-state index contributed by atoms with van der Waals surface area (Å²) in [4.78, 5) is 35.0. The van der Waals surface area contributed by atoms with E-state index in [1.807, 2.05) is 0 Å². The minimum atomic E-state index is -4.71. The average Bonchev–Trinajstić information content (AvgIpc) is 3.53. The highest BCUT2D eigenvalue weighted by atomic mass is 19.4. The lowest BCUT2D eigenvalue weighted by molar-refractivity contribution is -0.138. The van der Waals surface area contributed by atoms with Crippen LogP contribution in [0.1, 0.15) is 84.7 Å². The van der Waals surface area contributed by atoms with Crippen molar-refractivity contribution in [1.29, 1.82) is 0 Å². The molecule has 15 heteroatoms. The number of alkyl carbamates (subject to hydrolysis) is 1. The molecule has 0 spiro atoms. The minimum absolute atomic E-state index is 0.0113. The van der Waals surface area contributed by atoms with E-state index < -0.39 is 41.2 Å². The lowest BCUT2D eigenvalue weighted by atomic mass is 10.1. The number of aliphatic imine (C=N–C) groups is 1. The number of halogens is 3. The van der Waals surface area contributed by atoms with E-state index in [-0.39, 0.29) is 42.2 Å². The van der Waals surface area contributed by atoms with Crippen LogP contribution in [0.4, 0.5) is 22.8 Å². The van der Waals surface area contributed by atoms with Crippen LogP contribution in [0.3, 0.4) is 0 Å². The van der Waals surface area contributed by atoms with Gasteiger partial charge in [-0.3, -0.25) is 5.32 Å². The summed E-state index contributed by atoms with van der Waals surface area (Å²) in [6.07, 6.45) is -4.67. The predicted molar refractivity (Wildman–Crippen MR) is 148 cm³/mol. The molecule has 1 atom stereocenters.